The lowest BCUT2D eigenvalue weighted by atomic mass is 10.0. The molecule has 0 saturated carbocycles. The maximum absolute atomic E-state index is 12.2. The number of benzene rings is 1. The molecule has 21 heavy (non-hydrogen) atoms. The van der Waals surface area contributed by atoms with E-state index in [1.165, 1.54) is 6.92 Å². The summed E-state index contributed by atoms with van der Waals surface area (Å²) in [6.07, 6.45) is 0.688. The second kappa shape index (κ2) is 6.58. The van der Waals surface area contributed by atoms with Crippen molar-refractivity contribution in [2.75, 3.05) is 25.1 Å². The van der Waals surface area contributed by atoms with Crippen molar-refractivity contribution in [3.8, 4) is 5.75 Å². The van der Waals surface area contributed by atoms with Crippen molar-refractivity contribution in [2.45, 2.75) is 25.9 Å². The SMILES string of the molecule is CCOCCCNC(=O)C1(C)Oc2ccccc2NC1=O. The number of para-hydroxylation sites is 2. The van der Waals surface area contributed by atoms with Gasteiger partial charge in [-0.25, -0.2) is 0 Å². The lowest BCUT2D eigenvalue weighted by molar-refractivity contribution is -0.146. The van der Waals surface area contributed by atoms with Crippen molar-refractivity contribution in [2.24, 2.45) is 0 Å². The Morgan fingerprint density at radius 3 is 2.95 bits per heavy atom. The lowest BCUT2D eigenvalue weighted by Gasteiger charge is -2.33. The Labute approximate surface area is 123 Å². The topological polar surface area (TPSA) is 76.7 Å². The number of rotatable bonds is 6. The Morgan fingerprint density at radius 2 is 2.19 bits per heavy atom. The summed E-state index contributed by atoms with van der Waals surface area (Å²) in [5.41, 5.74) is -0.982. The third kappa shape index (κ3) is 3.33. The van der Waals surface area contributed by atoms with Gasteiger partial charge in [0, 0.05) is 19.8 Å². The number of fused-ring (bicyclic) bond motifs is 1. The fourth-order valence-corrected chi connectivity index (χ4v) is 2.01. The molecule has 0 aromatic heterocycles. The maximum Gasteiger partial charge on any atom is 0.278 e. The third-order valence-corrected chi connectivity index (χ3v) is 3.27. The van der Waals surface area contributed by atoms with Crippen molar-refractivity contribution >= 4 is 17.5 Å². The normalized spacial score (nSPS) is 20.2. The Morgan fingerprint density at radius 1 is 1.43 bits per heavy atom. The van der Waals surface area contributed by atoms with Gasteiger partial charge in [0.25, 0.3) is 17.4 Å². The average Bonchev–Trinajstić information content (AvgIpc) is 2.48. The largest absolute Gasteiger partial charge is 0.466 e. The summed E-state index contributed by atoms with van der Waals surface area (Å²) in [5.74, 6) is -0.432. The highest BCUT2D eigenvalue weighted by atomic mass is 16.5. The molecule has 1 atom stereocenters. The number of nitrogens with one attached hydrogen (secondary N) is 2. The summed E-state index contributed by atoms with van der Waals surface area (Å²) in [7, 11) is 0. The number of ether oxygens (including phenoxy) is 2. The average molecular weight is 292 g/mol. The molecule has 0 bridgehead atoms. The van der Waals surface area contributed by atoms with Crippen LogP contribution in [0.25, 0.3) is 0 Å². The van der Waals surface area contributed by atoms with Crippen molar-refractivity contribution in [3.63, 3.8) is 0 Å². The number of amides is 2. The quantitative estimate of drug-likeness (QED) is 0.612. The molecule has 2 amide bonds. The van der Waals surface area contributed by atoms with Gasteiger partial charge in [-0.3, -0.25) is 9.59 Å². The van der Waals surface area contributed by atoms with Gasteiger partial charge in [-0.1, -0.05) is 12.1 Å². The highest BCUT2D eigenvalue weighted by molar-refractivity contribution is 6.15. The molecule has 1 aromatic carbocycles. The molecule has 1 aliphatic heterocycles. The first kappa shape index (κ1) is 15.3. The standard InChI is InChI=1S/C15H20N2O4/c1-3-20-10-6-9-16-13(18)15(2)14(19)17-11-7-4-5-8-12(11)21-15/h4-5,7-8H,3,6,9-10H2,1-2H3,(H,16,18)(H,17,19). The molecule has 0 spiro atoms. The van der Waals surface area contributed by atoms with Crippen LogP contribution < -0.4 is 15.4 Å². The van der Waals surface area contributed by atoms with Crippen LogP contribution in [0.3, 0.4) is 0 Å². The first-order chi connectivity index (χ1) is 10.1. The van der Waals surface area contributed by atoms with Gasteiger partial charge in [-0.05, 0) is 32.4 Å². The Balaban J connectivity index is 1.98. The van der Waals surface area contributed by atoms with Crippen LogP contribution in [0.5, 0.6) is 5.75 Å². The summed E-state index contributed by atoms with van der Waals surface area (Å²) in [6.45, 7) is 5.04. The zero-order valence-corrected chi connectivity index (χ0v) is 12.3. The van der Waals surface area contributed by atoms with E-state index in [-0.39, 0.29) is 0 Å². The van der Waals surface area contributed by atoms with E-state index in [2.05, 4.69) is 10.6 Å². The van der Waals surface area contributed by atoms with E-state index in [0.29, 0.717) is 37.6 Å². The highest BCUT2D eigenvalue weighted by Gasteiger charge is 2.46. The van der Waals surface area contributed by atoms with Gasteiger partial charge >= 0.3 is 0 Å². The van der Waals surface area contributed by atoms with Gasteiger partial charge in [-0.15, -0.1) is 0 Å². The molecule has 0 radical (unpaired) electrons. The Hall–Kier alpha value is -2.08. The molecule has 2 N–H and O–H groups in total. The van der Waals surface area contributed by atoms with E-state index in [0.717, 1.165) is 0 Å². The molecule has 1 heterocycles. The minimum absolute atomic E-state index is 0.437. The minimum Gasteiger partial charge on any atom is -0.466 e. The number of anilines is 1. The molecule has 2 rings (SSSR count). The maximum atomic E-state index is 12.2. The van der Waals surface area contributed by atoms with Crippen LogP contribution in [0.15, 0.2) is 24.3 Å². The molecular weight excluding hydrogens is 272 g/mol. The molecule has 0 fully saturated rings. The van der Waals surface area contributed by atoms with Gasteiger partial charge in [-0.2, -0.15) is 0 Å². The van der Waals surface area contributed by atoms with E-state index in [9.17, 15) is 9.59 Å². The smallest absolute Gasteiger partial charge is 0.278 e. The van der Waals surface area contributed by atoms with Crippen molar-refractivity contribution in [1.82, 2.24) is 5.32 Å². The van der Waals surface area contributed by atoms with Crippen LogP contribution >= 0.6 is 0 Å². The summed E-state index contributed by atoms with van der Waals surface area (Å²) >= 11 is 0. The summed E-state index contributed by atoms with van der Waals surface area (Å²) < 4.78 is 10.8. The zero-order chi connectivity index (χ0) is 15.3. The number of carbonyl (C=O) groups excluding carboxylic acids is 2. The van der Waals surface area contributed by atoms with Gasteiger partial charge in [0.05, 0.1) is 5.69 Å². The van der Waals surface area contributed by atoms with E-state index in [4.69, 9.17) is 9.47 Å². The predicted molar refractivity (Wildman–Crippen MR) is 78.2 cm³/mol. The van der Waals surface area contributed by atoms with Crippen LogP contribution in [0.4, 0.5) is 5.69 Å². The third-order valence-electron chi connectivity index (χ3n) is 3.27. The molecule has 1 aromatic rings. The fourth-order valence-electron chi connectivity index (χ4n) is 2.01. The number of carbonyl (C=O) groups is 2. The molecule has 1 aliphatic rings. The van der Waals surface area contributed by atoms with Gasteiger partial charge < -0.3 is 20.1 Å². The van der Waals surface area contributed by atoms with Crippen molar-refractivity contribution in [3.05, 3.63) is 24.3 Å². The van der Waals surface area contributed by atoms with Gasteiger partial charge in [0.2, 0.25) is 0 Å². The van der Waals surface area contributed by atoms with Gasteiger partial charge in [0.1, 0.15) is 5.75 Å². The zero-order valence-electron chi connectivity index (χ0n) is 12.3. The van der Waals surface area contributed by atoms with Gasteiger partial charge in [0.15, 0.2) is 0 Å². The van der Waals surface area contributed by atoms with E-state index in [1.54, 1.807) is 24.3 Å². The van der Waals surface area contributed by atoms with Crippen LogP contribution in [-0.4, -0.2) is 37.2 Å². The Kier molecular flexibility index (Phi) is 4.80. The first-order valence-corrected chi connectivity index (χ1v) is 7.03. The summed E-state index contributed by atoms with van der Waals surface area (Å²) in [6, 6.07) is 7.03. The number of hydrogen-bond acceptors (Lipinski definition) is 4. The van der Waals surface area contributed by atoms with Crippen molar-refractivity contribution < 1.29 is 19.1 Å². The van der Waals surface area contributed by atoms with Crippen LogP contribution in [0, 0.1) is 0 Å². The molecule has 0 saturated heterocycles. The molecular formula is C15H20N2O4. The Bertz CT molecular complexity index is 532. The minimum atomic E-state index is -1.56. The van der Waals surface area contributed by atoms with E-state index < -0.39 is 17.4 Å². The predicted octanol–water partition coefficient (Wildman–Crippen LogP) is 1.32. The summed E-state index contributed by atoms with van der Waals surface area (Å²) in [5, 5.41) is 5.40. The van der Waals surface area contributed by atoms with Crippen LogP contribution in [-0.2, 0) is 14.3 Å². The molecule has 0 aliphatic carbocycles. The molecule has 114 valence electrons. The van der Waals surface area contributed by atoms with E-state index >= 15 is 0 Å². The lowest BCUT2D eigenvalue weighted by Crippen LogP contribution is -2.58. The first-order valence-electron chi connectivity index (χ1n) is 7.03. The second-order valence-corrected chi connectivity index (χ2v) is 4.89. The summed E-state index contributed by atoms with van der Waals surface area (Å²) in [4.78, 5) is 24.4. The molecule has 6 heteroatoms. The molecule has 6 nitrogen and oxygen atoms in total. The fraction of sp³-hybridized carbons (Fsp3) is 0.467. The van der Waals surface area contributed by atoms with Crippen LogP contribution in [0.2, 0.25) is 0 Å². The number of hydrogen-bond donors (Lipinski definition) is 2. The van der Waals surface area contributed by atoms with Crippen molar-refractivity contribution in [1.29, 1.82) is 0 Å². The highest BCUT2D eigenvalue weighted by Crippen LogP contribution is 2.33. The monoisotopic (exact) mass is 292 g/mol. The second-order valence-electron chi connectivity index (χ2n) is 4.89. The van der Waals surface area contributed by atoms with Crippen LogP contribution in [0.1, 0.15) is 20.3 Å². The molecule has 1 unspecified atom stereocenters. The van der Waals surface area contributed by atoms with E-state index in [1.807, 2.05) is 6.92 Å².